The van der Waals surface area contributed by atoms with Gasteiger partial charge in [-0.05, 0) is 49.8 Å². The summed E-state index contributed by atoms with van der Waals surface area (Å²) in [5, 5.41) is 0. The molecule has 3 nitrogen and oxygen atoms in total. The molecule has 1 atom stereocenters. The Morgan fingerprint density at radius 3 is 2.15 bits per heavy atom. The van der Waals surface area contributed by atoms with Crippen molar-refractivity contribution >= 4 is 18.4 Å². The maximum absolute atomic E-state index is 11.8. The van der Waals surface area contributed by atoms with Crippen molar-refractivity contribution in [2.75, 3.05) is 0 Å². The molecule has 0 saturated carbocycles. The van der Waals surface area contributed by atoms with Crippen molar-refractivity contribution in [1.29, 1.82) is 0 Å². The predicted molar refractivity (Wildman–Crippen MR) is 85.1 cm³/mol. The zero-order valence-corrected chi connectivity index (χ0v) is 13.8. The lowest BCUT2D eigenvalue weighted by molar-refractivity contribution is -0.146. The van der Waals surface area contributed by atoms with Gasteiger partial charge in [0.15, 0.2) is 0 Å². The number of hydrogen-bond acceptors (Lipinski definition) is 3. The van der Waals surface area contributed by atoms with Gasteiger partial charge in [-0.25, -0.2) is 0 Å². The topological polar surface area (TPSA) is 52.3 Å². The van der Waals surface area contributed by atoms with Crippen LogP contribution in [0.5, 0.6) is 0 Å². The van der Waals surface area contributed by atoms with E-state index in [9.17, 15) is 4.79 Å². The maximum atomic E-state index is 11.8. The summed E-state index contributed by atoms with van der Waals surface area (Å²) >= 11 is 0. The number of nitrogens with two attached hydrogens (primary N) is 1. The molecular formula is C16H26ClNO2. The van der Waals surface area contributed by atoms with Crippen LogP contribution in [-0.4, -0.2) is 12.0 Å². The monoisotopic (exact) mass is 299 g/mol. The van der Waals surface area contributed by atoms with E-state index >= 15 is 0 Å². The summed E-state index contributed by atoms with van der Waals surface area (Å²) in [4.78, 5) is 11.8. The molecule has 0 saturated heterocycles. The van der Waals surface area contributed by atoms with E-state index in [1.165, 1.54) is 5.56 Å². The second kappa shape index (κ2) is 8.28. The number of ether oxygens (including phenoxy) is 1. The molecule has 0 aliphatic heterocycles. The molecule has 0 spiro atoms. The largest absolute Gasteiger partial charge is 0.460 e. The lowest BCUT2D eigenvalue weighted by Crippen LogP contribution is -2.33. The normalized spacial score (nSPS) is 11.9. The van der Waals surface area contributed by atoms with Gasteiger partial charge in [-0.1, -0.05) is 31.5 Å². The molecule has 20 heavy (non-hydrogen) atoms. The standard InChI is InChI=1S/C16H25NO2.ClH/c1-10(2)6-15(17)16(18)19-9-14-12(4)7-11(3)8-13(14)5;/h7-8,10,15H,6,9,17H2,1-5H3;1H/t15-;/m0./s1. The Morgan fingerprint density at radius 2 is 1.70 bits per heavy atom. The summed E-state index contributed by atoms with van der Waals surface area (Å²) in [7, 11) is 0. The first-order valence-electron chi connectivity index (χ1n) is 6.80. The highest BCUT2D eigenvalue weighted by Crippen LogP contribution is 2.17. The average Bonchev–Trinajstić information content (AvgIpc) is 2.26. The lowest BCUT2D eigenvalue weighted by atomic mass is 10.0. The molecule has 0 aliphatic carbocycles. The Morgan fingerprint density at radius 1 is 1.20 bits per heavy atom. The highest BCUT2D eigenvalue weighted by atomic mass is 35.5. The average molecular weight is 300 g/mol. The second-order valence-electron chi connectivity index (χ2n) is 5.72. The van der Waals surface area contributed by atoms with E-state index in [0.29, 0.717) is 18.9 Å². The van der Waals surface area contributed by atoms with Crippen molar-refractivity contribution in [2.45, 2.75) is 53.7 Å². The smallest absolute Gasteiger partial charge is 0.323 e. The van der Waals surface area contributed by atoms with E-state index in [-0.39, 0.29) is 18.4 Å². The van der Waals surface area contributed by atoms with Crippen LogP contribution in [0.15, 0.2) is 12.1 Å². The molecule has 1 aromatic rings. The Bertz CT molecular complexity index is 435. The first-order chi connectivity index (χ1) is 8.81. The van der Waals surface area contributed by atoms with Crippen LogP contribution in [0.25, 0.3) is 0 Å². The van der Waals surface area contributed by atoms with E-state index in [4.69, 9.17) is 10.5 Å². The van der Waals surface area contributed by atoms with E-state index in [0.717, 1.165) is 16.7 Å². The minimum atomic E-state index is -0.522. The first-order valence-corrected chi connectivity index (χ1v) is 6.80. The molecule has 0 heterocycles. The van der Waals surface area contributed by atoms with Crippen LogP contribution >= 0.6 is 12.4 Å². The summed E-state index contributed by atoms with van der Waals surface area (Å²) in [6.45, 7) is 10.5. The van der Waals surface area contributed by atoms with Gasteiger partial charge in [0, 0.05) is 0 Å². The number of hydrogen-bond donors (Lipinski definition) is 1. The van der Waals surface area contributed by atoms with Crippen molar-refractivity contribution in [3.05, 3.63) is 34.4 Å². The summed E-state index contributed by atoms with van der Waals surface area (Å²) < 4.78 is 5.33. The van der Waals surface area contributed by atoms with Crippen LogP contribution in [0.1, 0.15) is 42.5 Å². The molecule has 0 amide bonds. The SMILES string of the molecule is Cc1cc(C)c(COC(=O)[C@@H](N)CC(C)C)c(C)c1.Cl. The van der Waals surface area contributed by atoms with Gasteiger partial charge in [0.25, 0.3) is 0 Å². The maximum Gasteiger partial charge on any atom is 0.323 e. The molecule has 0 bridgehead atoms. The summed E-state index contributed by atoms with van der Waals surface area (Å²) in [5.74, 6) is 0.0819. The van der Waals surface area contributed by atoms with Crippen LogP contribution < -0.4 is 5.73 Å². The molecule has 0 aliphatic rings. The van der Waals surface area contributed by atoms with Gasteiger partial charge < -0.3 is 10.5 Å². The molecular weight excluding hydrogens is 274 g/mol. The van der Waals surface area contributed by atoms with E-state index in [1.54, 1.807) is 0 Å². The van der Waals surface area contributed by atoms with E-state index < -0.39 is 6.04 Å². The van der Waals surface area contributed by atoms with Crippen LogP contribution in [0, 0.1) is 26.7 Å². The highest BCUT2D eigenvalue weighted by Gasteiger charge is 2.17. The van der Waals surface area contributed by atoms with Crippen molar-refractivity contribution in [3.63, 3.8) is 0 Å². The Balaban J connectivity index is 0.00000361. The quantitative estimate of drug-likeness (QED) is 0.847. The zero-order valence-electron chi connectivity index (χ0n) is 13.0. The van der Waals surface area contributed by atoms with Crippen LogP contribution in [0.4, 0.5) is 0 Å². The highest BCUT2D eigenvalue weighted by molar-refractivity contribution is 5.85. The van der Waals surface area contributed by atoms with Gasteiger partial charge >= 0.3 is 5.97 Å². The number of benzene rings is 1. The number of carbonyl (C=O) groups excluding carboxylic acids is 1. The number of carbonyl (C=O) groups is 1. The van der Waals surface area contributed by atoms with Crippen molar-refractivity contribution in [3.8, 4) is 0 Å². The lowest BCUT2D eigenvalue weighted by Gasteiger charge is -2.15. The third-order valence-corrected chi connectivity index (χ3v) is 3.23. The molecule has 114 valence electrons. The van der Waals surface area contributed by atoms with Crippen molar-refractivity contribution in [1.82, 2.24) is 0 Å². The number of halogens is 1. The van der Waals surface area contributed by atoms with Crippen molar-refractivity contribution in [2.24, 2.45) is 11.7 Å². The summed E-state index contributed by atoms with van der Waals surface area (Å²) in [6, 6.07) is 3.68. The van der Waals surface area contributed by atoms with Crippen LogP contribution in [-0.2, 0) is 16.1 Å². The molecule has 0 aromatic heterocycles. The summed E-state index contributed by atoms with van der Waals surface area (Å²) in [5.41, 5.74) is 10.4. The Labute approximate surface area is 128 Å². The molecule has 0 radical (unpaired) electrons. The Kier molecular flexibility index (Phi) is 7.84. The van der Waals surface area contributed by atoms with Gasteiger partial charge in [-0.3, -0.25) is 4.79 Å². The van der Waals surface area contributed by atoms with E-state index in [1.807, 2.05) is 27.7 Å². The summed E-state index contributed by atoms with van der Waals surface area (Å²) in [6.07, 6.45) is 0.657. The van der Waals surface area contributed by atoms with Crippen molar-refractivity contribution < 1.29 is 9.53 Å². The molecule has 2 N–H and O–H groups in total. The van der Waals surface area contributed by atoms with Gasteiger partial charge in [-0.2, -0.15) is 0 Å². The minimum absolute atomic E-state index is 0. The number of rotatable bonds is 5. The third kappa shape index (κ3) is 5.51. The van der Waals surface area contributed by atoms with Gasteiger partial charge in [-0.15, -0.1) is 12.4 Å². The van der Waals surface area contributed by atoms with Gasteiger partial charge in [0.05, 0.1) is 0 Å². The van der Waals surface area contributed by atoms with E-state index in [2.05, 4.69) is 19.1 Å². The van der Waals surface area contributed by atoms with Gasteiger partial charge in [0.2, 0.25) is 0 Å². The second-order valence-corrected chi connectivity index (χ2v) is 5.72. The fourth-order valence-corrected chi connectivity index (χ4v) is 2.29. The zero-order chi connectivity index (χ0) is 14.6. The molecule has 4 heteroatoms. The predicted octanol–water partition coefficient (Wildman–Crippen LogP) is 3.45. The molecule has 0 fully saturated rings. The van der Waals surface area contributed by atoms with Crippen LogP contribution in [0.2, 0.25) is 0 Å². The minimum Gasteiger partial charge on any atom is -0.460 e. The number of aryl methyl sites for hydroxylation is 3. The fourth-order valence-electron chi connectivity index (χ4n) is 2.29. The third-order valence-electron chi connectivity index (χ3n) is 3.23. The number of esters is 1. The first kappa shape index (κ1) is 18.9. The van der Waals surface area contributed by atoms with Gasteiger partial charge in [0.1, 0.15) is 12.6 Å². The fraction of sp³-hybridized carbons (Fsp3) is 0.562. The molecule has 1 rings (SSSR count). The molecule has 0 unspecified atom stereocenters. The van der Waals surface area contributed by atoms with Crippen LogP contribution in [0.3, 0.4) is 0 Å². The molecule has 1 aromatic carbocycles. The Hall–Kier alpha value is -1.06.